The maximum absolute atomic E-state index is 12.7. The van der Waals surface area contributed by atoms with E-state index in [9.17, 15) is 19.8 Å². The molecule has 1 aromatic carbocycles. The number of carbonyl (C=O) groups excluding carboxylic acids is 1. The SMILES string of the molecule is O=C(O)[C@@H]1[C@H]2C=C[C@@]3(CN(Cc4cccc(O)c4)C(=O)[C@@H]13)O2. The topological polar surface area (TPSA) is 87.1 Å². The molecule has 3 aliphatic rings. The molecule has 4 rings (SSSR count). The molecule has 6 nitrogen and oxygen atoms in total. The lowest BCUT2D eigenvalue weighted by Gasteiger charge is -2.21. The van der Waals surface area contributed by atoms with Crippen LogP contribution in [0.15, 0.2) is 36.4 Å². The molecule has 0 saturated carbocycles. The van der Waals surface area contributed by atoms with E-state index in [1.165, 1.54) is 0 Å². The lowest BCUT2D eigenvalue weighted by molar-refractivity contribution is -0.148. The third-order valence-corrected chi connectivity index (χ3v) is 4.75. The molecule has 114 valence electrons. The molecule has 3 heterocycles. The molecular formula is C16H15NO5. The highest BCUT2D eigenvalue weighted by Gasteiger charge is 2.66. The molecule has 3 aliphatic heterocycles. The van der Waals surface area contributed by atoms with Gasteiger partial charge in [-0.3, -0.25) is 9.59 Å². The van der Waals surface area contributed by atoms with Gasteiger partial charge in [0, 0.05) is 6.54 Å². The normalized spacial score (nSPS) is 35.2. The Bertz CT molecular complexity index is 700. The highest BCUT2D eigenvalue weighted by atomic mass is 16.5. The first-order chi connectivity index (χ1) is 10.5. The number of carboxylic acids is 1. The van der Waals surface area contributed by atoms with E-state index in [2.05, 4.69) is 0 Å². The second-order valence-electron chi connectivity index (χ2n) is 6.10. The van der Waals surface area contributed by atoms with Crippen molar-refractivity contribution in [3.05, 3.63) is 42.0 Å². The van der Waals surface area contributed by atoms with Crippen LogP contribution >= 0.6 is 0 Å². The fourth-order valence-corrected chi connectivity index (χ4v) is 3.87. The van der Waals surface area contributed by atoms with E-state index in [4.69, 9.17) is 4.74 Å². The zero-order valence-electron chi connectivity index (χ0n) is 11.7. The number of hydrogen-bond acceptors (Lipinski definition) is 4. The van der Waals surface area contributed by atoms with Crippen molar-refractivity contribution >= 4 is 11.9 Å². The maximum atomic E-state index is 12.7. The Morgan fingerprint density at radius 1 is 1.45 bits per heavy atom. The summed E-state index contributed by atoms with van der Waals surface area (Å²) < 4.78 is 5.82. The Labute approximate surface area is 126 Å². The van der Waals surface area contributed by atoms with Gasteiger partial charge >= 0.3 is 5.97 Å². The molecule has 22 heavy (non-hydrogen) atoms. The Kier molecular flexibility index (Phi) is 2.62. The Hall–Kier alpha value is -2.34. The largest absolute Gasteiger partial charge is 0.508 e. The number of aliphatic carboxylic acids is 1. The summed E-state index contributed by atoms with van der Waals surface area (Å²) in [5.41, 5.74) is -0.00290. The summed E-state index contributed by atoms with van der Waals surface area (Å²) in [6, 6.07) is 6.70. The van der Waals surface area contributed by atoms with E-state index in [1.807, 2.05) is 12.1 Å². The number of carboxylic acid groups (broad SMARTS) is 1. The lowest BCUT2D eigenvalue weighted by Crippen LogP contribution is -2.39. The smallest absolute Gasteiger partial charge is 0.310 e. The molecule has 4 atom stereocenters. The van der Waals surface area contributed by atoms with E-state index in [0.29, 0.717) is 13.1 Å². The van der Waals surface area contributed by atoms with Crippen LogP contribution in [0.2, 0.25) is 0 Å². The Balaban J connectivity index is 1.62. The third-order valence-electron chi connectivity index (χ3n) is 4.75. The first-order valence-corrected chi connectivity index (χ1v) is 7.17. The number of likely N-dealkylation sites (tertiary alicyclic amines) is 1. The molecule has 2 bridgehead atoms. The molecule has 0 aromatic heterocycles. The zero-order valence-corrected chi connectivity index (χ0v) is 11.7. The number of benzene rings is 1. The number of amides is 1. The summed E-state index contributed by atoms with van der Waals surface area (Å²) in [6.45, 7) is 0.683. The molecular weight excluding hydrogens is 286 g/mol. The van der Waals surface area contributed by atoms with E-state index in [0.717, 1.165) is 5.56 Å². The minimum Gasteiger partial charge on any atom is -0.508 e. The fourth-order valence-electron chi connectivity index (χ4n) is 3.87. The number of nitrogens with zero attached hydrogens (tertiary/aromatic N) is 1. The van der Waals surface area contributed by atoms with Gasteiger partial charge in [-0.25, -0.2) is 0 Å². The van der Waals surface area contributed by atoms with Crippen LogP contribution in [0.1, 0.15) is 5.56 Å². The Morgan fingerprint density at radius 2 is 2.27 bits per heavy atom. The summed E-state index contributed by atoms with van der Waals surface area (Å²) >= 11 is 0. The van der Waals surface area contributed by atoms with Crippen LogP contribution < -0.4 is 0 Å². The van der Waals surface area contributed by atoms with Crippen LogP contribution in [0.25, 0.3) is 0 Å². The van der Waals surface area contributed by atoms with Crippen LogP contribution in [-0.4, -0.2) is 45.2 Å². The third kappa shape index (κ3) is 1.70. The molecule has 2 N–H and O–H groups in total. The van der Waals surface area contributed by atoms with Crippen molar-refractivity contribution in [1.82, 2.24) is 4.90 Å². The molecule has 0 radical (unpaired) electrons. The number of fused-ring (bicyclic) bond motifs is 1. The average molecular weight is 301 g/mol. The van der Waals surface area contributed by atoms with Gasteiger partial charge in [0.1, 0.15) is 17.3 Å². The zero-order chi connectivity index (χ0) is 15.5. The minimum atomic E-state index is -0.992. The van der Waals surface area contributed by atoms with Gasteiger partial charge in [0.15, 0.2) is 0 Å². The molecule has 2 saturated heterocycles. The summed E-state index contributed by atoms with van der Waals surface area (Å²) in [4.78, 5) is 25.7. The number of carbonyl (C=O) groups is 2. The molecule has 2 fully saturated rings. The van der Waals surface area contributed by atoms with E-state index >= 15 is 0 Å². The summed E-state index contributed by atoms with van der Waals surface area (Å²) in [5, 5.41) is 18.9. The van der Waals surface area contributed by atoms with Crippen molar-refractivity contribution in [1.29, 1.82) is 0 Å². The summed E-state index contributed by atoms with van der Waals surface area (Å²) in [6.07, 6.45) is 3.08. The number of ether oxygens (including phenoxy) is 1. The van der Waals surface area contributed by atoms with Gasteiger partial charge in [0.2, 0.25) is 5.91 Å². The highest BCUT2D eigenvalue weighted by molar-refractivity contribution is 5.90. The monoisotopic (exact) mass is 301 g/mol. The van der Waals surface area contributed by atoms with Crippen LogP contribution in [0.3, 0.4) is 0 Å². The molecule has 1 amide bonds. The van der Waals surface area contributed by atoms with Crippen LogP contribution in [0, 0.1) is 11.8 Å². The van der Waals surface area contributed by atoms with Gasteiger partial charge in [0.25, 0.3) is 0 Å². The molecule has 6 heteroatoms. The lowest BCUT2D eigenvalue weighted by atomic mass is 9.77. The average Bonchev–Trinajstić information content (AvgIpc) is 3.08. The van der Waals surface area contributed by atoms with E-state index in [1.54, 1.807) is 29.2 Å². The van der Waals surface area contributed by atoms with Crippen molar-refractivity contribution < 1.29 is 24.5 Å². The minimum absolute atomic E-state index is 0.142. The fraction of sp³-hybridized carbons (Fsp3) is 0.375. The van der Waals surface area contributed by atoms with Crippen molar-refractivity contribution in [2.45, 2.75) is 18.2 Å². The van der Waals surface area contributed by atoms with E-state index in [-0.39, 0.29) is 11.7 Å². The number of phenols is 1. The van der Waals surface area contributed by atoms with Crippen molar-refractivity contribution in [3.63, 3.8) is 0 Å². The highest BCUT2D eigenvalue weighted by Crippen LogP contribution is 2.52. The molecule has 0 unspecified atom stereocenters. The van der Waals surface area contributed by atoms with Crippen LogP contribution in [-0.2, 0) is 20.9 Å². The molecule has 1 aromatic rings. The predicted molar refractivity (Wildman–Crippen MR) is 74.9 cm³/mol. The number of phenolic OH excluding ortho intramolecular Hbond substituents is 1. The van der Waals surface area contributed by atoms with Gasteiger partial charge < -0.3 is 19.8 Å². The van der Waals surface area contributed by atoms with Gasteiger partial charge in [-0.2, -0.15) is 0 Å². The first kappa shape index (κ1) is 13.3. The number of hydrogen-bond donors (Lipinski definition) is 2. The van der Waals surface area contributed by atoms with Crippen LogP contribution in [0.4, 0.5) is 0 Å². The van der Waals surface area contributed by atoms with Crippen molar-refractivity contribution in [2.24, 2.45) is 11.8 Å². The van der Waals surface area contributed by atoms with Gasteiger partial charge in [-0.15, -0.1) is 0 Å². The van der Waals surface area contributed by atoms with Crippen molar-refractivity contribution in [2.75, 3.05) is 6.54 Å². The van der Waals surface area contributed by atoms with Gasteiger partial charge in [0.05, 0.1) is 18.6 Å². The second-order valence-corrected chi connectivity index (χ2v) is 6.10. The first-order valence-electron chi connectivity index (χ1n) is 7.17. The van der Waals surface area contributed by atoms with Crippen LogP contribution in [0.5, 0.6) is 5.75 Å². The molecule has 1 spiro atoms. The number of aromatic hydroxyl groups is 1. The van der Waals surface area contributed by atoms with Gasteiger partial charge in [-0.05, 0) is 17.7 Å². The second kappa shape index (κ2) is 4.33. The maximum Gasteiger partial charge on any atom is 0.310 e. The summed E-state index contributed by atoms with van der Waals surface area (Å²) in [5.74, 6) is -2.51. The standard InChI is InChI=1S/C16H15NO5/c18-10-3-1-2-9(6-10)7-17-8-16-5-4-11(22-16)12(15(20)21)13(16)14(17)19/h1-6,11-13,18H,7-8H2,(H,20,21)/t11-,12-,13-,16+/m1/s1. The van der Waals surface area contributed by atoms with Gasteiger partial charge in [-0.1, -0.05) is 24.3 Å². The predicted octanol–water partition coefficient (Wildman–Crippen LogP) is 0.759. The Morgan fingerprint density at radius 3 is 3.00 bits per heavy atom. The summed E-state index contributed by atoms with van der Waals surface area (Å²) in [7, 11) is 0. The number of rotatable bonds is 3. The van der Waals surface area contributed by atoms with E-state index < -0.39 is 29.5 Å². The quantitative estimate of drug-likeness (QED) is 0.805. The van der Waals surface area contributed by atoms with Crippen molar-refractivity contribution in [3.8, 4) is 5.75 Å². The molecule has 0 aliphatic carbocycles.